The molecule has 1 N–H and O–H groups in total. The topological polar surface area (TPSA) is 41.5 Å². The van der Waals surface area contributed by atoms with Crippen molar-refractivity contribution in [3.63, 3.8) is 0 Å². The third kappa shape index (κ3) is 4.22. The lowest BCUT2D eigenvalue weighted by Gasteiger charge is -2.06. The summed E-state index contributed by atoms with van der Waals surface area (Å²) in [6, 6.07) is 25.6. The zero-order valence-electron chi connectivity index (χ0n) is 13.7. The zero-order valence-corrected chi connectivity index (χ0v) is 15.3. The van der Waals surface area contributed by atoms with Crippen LogP contribution in [-0.4, -0.2) is 11.6 Å². The minimum absolute atomic E-state index is 0.243. The van der Waals surface area contributed by atoms with Gasteiger partial charge >= 0.3 is 0 Å². The first-order valence-corrected chi connectivity index (χ1v) is 8.69. The zero-order chi connectivity index (χ0) is 17.6. The third-order valence-corrected chi connectivity index (χ3v) is 4.54. The van der Waals surface area contributed by atoms with Crippen LogP contribution in [0, 0.1) is 0 Å². The van der Waals surface area contributed by atoms with Gasteiger partial charge in [-0.25, -0.2) is 5.43 Å². The van der Waals surface area contributed by atoms with Gasteiger partial charge in [0, 0.05) is 4.47 Å². The molecule has 4 heteroatoms. The highest BCUT2D eigenvalue weighted by Gasteiger charge is 2.08. The summed E-state index contributed by atoms with van der Waals surface area (Å²) in [6.45, 7) is 1.87. The molecule has 0 aromatic heterocycles. The van der Waals surface area contributed by atoms with E-state index in [2.05, 4.69) is 50.7 Å². The predicted octanol–water partition coefficient (Wildman–Crippen LogP) is 5.27. The van der Waals surface area contributed by atoms with Gasteiger partial charge in [0.15, 0.2) is 0 Å². The molecule has 0 saturated heterocycles. The first kappa shape index (κ1) is 17.1. The molecule has 124 valence electrons. The van der Waals surface area contributed by atoms with Crippen LogP contribution in [0.3, 0.4) is 0 Å². The largest absolute Gasteiger partial charge is 0.272 e. The Kier molecular flexibility index (Phi) is 5.41. The van der Waals surface area contributed by atoms with Crippen LogP contribution >= 0.6 is 15.9 Å². The summed E-state index contributed by atoms with van der Waals surface area (Å²) in [4.78, 5) is 12.2. The minimum atomic E-state index is -0.243. The van der Waals surface area contributed by atoms with Gasteiger partial charge in [-0.3, -0.25) is 4.79 Å². The first-order valence-electron chi connectivity index (χ1n) is 7.90. The predicted molar refractivity (Wildman–Crippen MR) is 106 cm³/mol. The average molecular weight is 393 g/mol. The van der Waals surface area contributed by atoms with E-state index in [-0.39, 0.29) is 5.91 Å². The Bertz CT molecular complexity index is 903. The summed E-state index contributed by atoms with van der Waals surface area (Å²) in [7, 11) is 0. The van der Waals surface area contributed by atoms with Crippen molar-refractivity contribution < 1.29 is 4.79 Å². The molecule has 3 aromatic carbocycles. The fourth-order valence-corrected chi connectivity index (χ4v) is 2.90. The molecule has 3 aromatic rings. The van der Waals surface area contributed by atoms with Gasteiger partial charge in [-0.05, 0) is 51.7 Å². The molecule has 0 aliphatic heterocycles. The summed E-state index contributed by atoms with van der Waals surface area (Å²) in [5.41, 5.74) is 7.19. The number of rotatable bonds is 4. The highest BCUT2D eigenvalue weighted by Crippen LogP contribution is 2.19. The Morgan fingerprint density at radius 1 is 0.840 bits per heavy atom. The van der Waals surface area contributed by atoms with Crippen molar-refractivity contribution in [2.75, 3.05) is 0 Å². The Hall–Kier alpha value is -2.72. The van der Waals surface area contributed by atoms with Gasteiger partial charge in [0.1, 0.15) is 0 Å². The lowest BCUT2D eigenvalue weighted by molar-refractivity contribution is 0.0954. The highest BCUT2D eigenvalue weighted by molar-refractivity contribution is 9.10. The quantitative estimate of drug-likeness (QED) is 0.476. The van der Waals surface area contributed by atoms with E-state index < -0.39 is 0 Å². The molecule has 0 heterocycles. The van der Waals surface area contributed by atoms with Gasteiger partial charge in [0.05, 0.1) is 11.3 Å². The van der Waals surface area contributed by atoms with Gasteiger partial charge in [-0.1, -0.05) is 66.7 Å². The molecule has 0 atom stereocenters. The number of halogens is 1. The molecule has 0 unspecified atom stereocenters. The molecule has 0 spiro atoms. The van der Waals surface area contributed by atoms with Crippen molar-refractivity contribution in [1.29, 1.82) is 0 Å². The van der Waals surface area contributed by atoms with Crippen LogP contribution in [0.4, 0.5) is 0 Å². The molecular formula is C21H17BrN2O. The molecule has 0 fully saturated rings. The molecule has 0 aliphatic carbocycles. The number of nitrogens with one attached hydrogen (secondary N) is 1. The van der Waals surface area contributed by atoms with Crippen LogP contribution in [0.1, 0.15) is 22.8 Å². The fraction of sp³-hybridized carbons (Fsp3) is 0.0476. The first-order chi connectivity index (χ1) is 12.1. The molecule has 0 aliphatic rings. The number of hydrogen-bond acceptors (Lipinski definition) is 2. The summed E-state index contributed by atoms with van der Waals surface area (Å²) >= 11 is 3.37. The van der Waals surface area contributed by atoms with Gasteiger partial charge < -0.3 is 0 Å². The highest BCUT2D eigenvalue weighted by atomic mass is 79.9. The molecule has 0 bridgehead atoms. The Morgan fingerprint density at radius 2 is 1.44 bits per heavy atom. The summed E-state index contributed by atoms with van der Waals surface area (Å²) < 4.78 is 0.743. The van der Waals surface area contributed by atoms with E-state index in [1.54, 1.807) is 6.07 Å². The maximum Gasteiger partial charge on any atom is 0.272 e. The molecule has 25 heavy (non-hydrogen) atoms. The number of hydrazone groups is 1. The van der Waals surface area contributed by atoms with Gasteiger partial charge in [-0.2, -0.15) is 5.10 Å². The van der Waals surface area contributed by atoms with Gasteiger partial charge in [-0.15, -0.1) is 0 Å². The number of carbonyl (C=O) groups is 1. The molecule has 3 nitrogen and oxygen atoms in total. The van der Waals surface area contributed by atoms with Crippen LogP contribution in [0.2, 0.25) is 0 Å². The summed E-state index contributed by atoms with van der Waals surface area (Å²) in [6.07, 6.45) is 0. The van der Waals surface area contributed by atoms with Crippen LogP contribution < -0.4 is 5.43 Å². The standard InChI is InChI=1S/C21H17BrN2O/c1-15(23-24-21(25)19-9-5-6-10-20(19)22)16-11-13-18(14-12-16)17-7-3-2-4-8-17/h2-14H,1H3,(H,24,25). The lowest BCUT2D eigenvalue weighted by Crippen LogP contribution is -2.19. The molecule has 3 rings (SSSR count). The second kappa shape index (κ2) is 7.90. The van der Waals surface area contributed by atoms with Crippen molar-refractivity contribution in [2.24, 2.45) is 5.10 Å². The minimum Gasteiger partial charge on any atom is -0.267 e. The van der Waals surface area contributed by atoms with E-state index in [0.29, 0.717) is 5.56 Å². The van der Waals surface area contributed by atoms with Gasteiger partial charge in [0.25, 0.3) is 5.91 Å². The number of nitrogens with zero attached hydrogens (tertiary/aromatic N) is 1. The normalized spacial score (nSPS) is 11.2. The van der Waals surface area contributed by atoms with E-state index in [9.17, 15) is 4.79 Å². The monoisotopic (exact) mass is 392 g/mol. The third-order valence-electron chi connectivity index (χ3n) is 3.85. The number of carbonyl (C=O) groups excluding carboxylic acids is 1. The Morgan fingerprint density at radius 3 is 2.12 bits per heavy atom. The molecular weight excluding hydrogens is 376 g/mol. The fourth-order valence-electron chi connectivity index (χ4n) is 2.44. The van der Waals surface area contributed by atoms with E-state index >= 15 is 0 Å². The Balaban J connectivity index is 1.72. The van der Waals surface area contributed by atoms with Gasteiger partial charge in [0.2, 0.25) is 0 Å². The number of benzene rings is 3. The van der Waals surface area contributed by atoms with E-state index in [0.717, 1.165) is 21.3 Å². The second-order valence-electron chi connectivity index (χ2n) is 5.56. The van der Waals surface area contributed by atoms with Crippen LogP contribution in [-0.2, 0) is 0 Å². The maximum atomic E-state index is 12.2. The van der Waals surface area contributed by atoms with Crippen molar-refractivity contribution in [2.45, 2.75) is 6.92 Å². The smallest absolute Gasteiger partial charge is 0.267 e. The summed E-state index contributed by atoms with van der Waals surface area (Å²) in [5.74, 6) is -0.243. The van der Waals surface area contributed by atoms with E-state index in [1.807, 2.05) is 55.5 Å². The number of hydrogen-bond donors (Lipinski definition) is 1. The summed E-state index contributed by atoms with van der Waals surface area (Å²) in [5, 5.41) is 4.21. The second-order valence-corrected chi connectivity index (χ2v) is 6.42. The molecule has 0 saturated carbocycles. The SMILES string of the molecule is CC(=NNC(=O)c1ccccc1Br)c1ccc(-c2ccccc2)cc1. The molecule has 0 radical (unpaired) electrons. The number of amides is 1. The van der Waals surface area contributed by atoms with E-state index in [4.69, 9.17) is 0 Å². The maximum absolute atomic E-state index is 12.2. The molecule has 1 amide bonds. The average Bonchev–Trinajstić information content (AvgIpc) is 2.67. The van der Waals surface area contributed by atoms with Crippen LogP contribution in [0.5, 0.6) is 0 Å². The van der Waals surface area contributed by atoms with Crippen molar-refractivity contribution >= 4 is 27.5 Å². The van der Waals surface area contributed by atoms with Crippen molar-refractivity contribution in [3.05, 3.63) is 94.5 Å². The van der Waals surface area contributed by atoms with Crippen LogP contribution in [0.15, 0.2) is 88.4 Å². The van der Waals surface area contributed by atoms with Crippen LogP contribution in [0.25, 0.3) is 11.1 Å². The lowest BCUT2D eigenvalue weighted by atomic mass is 10.0. The van der Waals surface area contributed by atoms with Crippen molar-refractivity contribution in [3.8, 4) is 11.1 Å². The Labute approximate surface area is 155 Å². The van der Waals surface area contributed by atoms with Crippen molar-refractivity contribution in [1.82, 2.24) is 5.43 Å². The van der Waals surface area contributed by atoms with E-state index in [1.165, 1.54) is 5.56 Å².